The Labute approximate surface area is 114 Å². The Balaban J connectivity index is 2.23. The predicted octanol–water partition coefficient (Wildman–Crippen LogP) is 1.69. The van der Waals surface area contributed by atoms with E-state index in [1.165, 1.54) is 36.4 Å². The highest BCUT2D eigenvalue weighted by molar-refractivity contribution is 5.92. The van der Waals surface area contributed by atoms with Crippen molar-refractivity contribution in [2.45, 2.75) is 0 Å². The van der Waals surface area contributed by atoms with Gasteiger partial charge in [-0.3, -0.25) is 0 Å². The number of carbonyl (C=O) groups is 2. The van der Waals surface area contributed by atoms with Gasteiger partial charge in [0.05, 0.1) is 11.1 Å². The fourth-order valence-electron chi connectivity index (χ4n) is 1.51. The van der Waals surface area contributed by atoms with Crippen molar-refractivity contribution in [2.24, 2.45) is 0 Å². The van der Waals surface area contributed by atoms with Crippen LogP contribution in [0.15, 0.2) is 36.4 Å². The minimum absolute atomic E-state index is 0.0221. The second kappa shape index (κ2) is 5.31. The molecule has 0 heterocycles. The fraction of sp³-hybridized carbons (Fsp3) is 0. The maximum atomic E-state index is 11.8. The van der Waals surface area contributed by atoms with E-state index in [2.05, 4.69) is 6.07 Å². The molecule has 0 unspecified atom stereocenters. The summed E-state index contributed by atoms with van der Waals surface area (Å²) in [6.07, 6.45) is 0. The number of carbonyl (C=O) groups excluding carboxylic acids is 1. The van der Waals surface area contributed by atoms with E-state index in [4.69, 9.17) is 20.7 Å². The summed E-state index contributed by atoms with van der Waals surface area (Å²) in [6.45, 7) is 0. The standard InChI is InChI=1S/C14H10NO5/c15-10-5-9(13(17)18)6-12(7-10)20-14(19)8-1-3-11(16)4-2-8/h1,3-7,16H,15H2,(H,17,18). The second-order valence-corrected chi connectivity index (χ2v) is 3.95. The van der Waals surface area contributed by atoms with Gasteiger partial charge in [-0.25, -0.2) is 9.59 Å². The van der Waals surface area contributed by atoms with Gasteiger partial charge in [0, 0.05) is 17.8 Å². The average molecular weight is 272 g/mol. The molecule has 0 atom stereocenters. The summed E-state index contributed by atoms with van der Waals surface area (Å²) < 4.78 is 5.02. The van der Waals surface area contributed by atoms with Gasteiger partial charge in [-0.05, 0) is 30.3 Å². The number of benzene rings is 2. The van der Waals surface area contributed by atoms with Crippen LogP contribution in [0.25, 0.3) is 0 Å². The summed E-state index contributed by atoms with van der Waals surface area (Å²) in [7, 11) is 0. The van der Waals surface area contributed by atoms with Gasteiger partial charge in [0.25, 0.3) is 0 Å². The first-order valence-electron chi connectivity index (χ1n) is 5.52. The van der Waals surface area contributed by atoms with Crippen LogP contribution >= 0.6 is 0 Å². The summed E-state index contributed by atoms with van der Waals surface area (Å²) >= 11 is 0. The molecule has 0 aliphatic carbocycles. The van der Waals surface area contributed by atoms with Gasteiger partial charge in [-0.1, -0.05) is 0 Å². The maximum Gasteiger partial charge on any atom is 0.344 e. The molecule has 0 aliphatic heterocycles. The van der Waals surface area contributed by atoms with E-state index in [9.17, 15) is 9.59 Å². The molecular formula is C14H10NO5. The lowest BCUT2D eigenvalue weighted by Gasteiger charge is -2.06. The summed E-state index contributed by atoms with van der Waals surface area (Å²) in [6, 6.07) is 10.2. The number of nitrogens with two attached hydrogens (primary N) is 1. The summed E-state index contributed by atoms with van der Waals surface area (Å²) in [4.78, 5) is 22.7. The molecule has 0 saturated heterocycles. The van der Waals surface area contributed by atoms with Crippen molar-refractivity contribution < 1.29 is 24.5 Å². The van der Waals surface area contributed by atoms with Crippen LogP contribution in [-0.2, 0) is 0 Å². The number of esters is 1. The molecule has 2 aromatic rings. The first-order chi connectivity index (χ1) is 9.45. The van der Waals surface area contributed by atoms with Gasteiger partial charge >= 0.3 is 11.9 Å². The average Bonchev–Trinajstić information content (AvgIpc) is 2.38. The molecule has 20 heavy (non-hydrogen) atoms. The highest BCUT2D eigenvalue weighted by Gasteiger charge is 2.12. The molecule has 0 bridgehead atoms. The smallest absolute Gasteiger partial charge is 0.344 e. The van der Waals surface area contributed by atoms with Crippen LogP contribution in [0.1, 0.15) is 20.7 Å². The molecule has 6 nitrogen and oxygen atoms in total. The van der Waals surface area contributed by atoms with Gasteiger partial charge in [0.1, 0.15) is 11.5 Å². The largest absolute Gasteiger partial charge is 0.508 e. The third-order valence-corrected chi connectivity index (χ3v) is 2.40. The number of rotatable bonds is 3. The summed E-state index contributed by atoms with van der Waals surface area (Å²) in [5, 5.41) is 18.0. The lowest BCUT2D eigenvalue weighted by Crippen LogP contribution is -2.09. The van der Waals surface area contributed by atoms with E-state index in [0.717, 1.165) is 0 Å². The Morgan fingerprint density at radius 2 is 1.95 bits per heavy atom. The predicted molar refractivity (Wildman–Crippen MR) is 69.7 cm³/mol. The number of aromatic carboxylic acids is 1. The van der Waals surface area contributed by atoms with E-state index in [1.54, 1.807) is 0 Å². The van der Waals surface area contributed by atoms with E-state index in [0.29, 0.717) is 0 Å². The zero-order valence-corrected chi connectivity index (χ0v) is 10.2. The van der Waals surface area contributed by atoms with Crippen LogP contribution in [0.5, 0.6) is 11.5 Å². The lowest BCUT2D eigenvalue weighted by molar-refractivity contribution is 0.0687. The van der Waals surface area contributed by atoms with Crippen LogP contribution in [0.4, 0.5) is 5.69 Å². The molecule has 6 heteroatoms. The Bertz CT molecular complexity index is 664. The Morgan fingerprint density at radius 1 is 1.20 bits per heavy atom. The van der Waals surface area contributed by atoms with Crippen LogP contribution in [0, 0.1) is 6.07 Å². The van der Waals surface area contributed by atoms with Gasteiger partial charge < -0.3 is 20.7 Å². The molecule has 1 radical (unpaired) electrons. The number of carboxylic acids is 1. The Morgan fingerprint density at radius 3 is 2.55 bits per heavy atom. The maximum absolute atomic E-state index is 11.8. The van der Waals surface area contributed by atoms with Crippen molar-refractivity contribution in [1.29, 1.82) is 0 Å². The summed E-state index contributed by atoms with van der Waals surface area (Å²) in [5.41, 5.74) is 5.72. The normalized spacial score (nSPS) is 10.0. The number of ether oxygens (including phenoxy) is 1. The highest BCUT2D eigenvalue weighted by Crippen LogP contribution is 2.20. The highest BCUT2D eigenvalue weighted by atomic mass is 16.5. The van der Waals surface area contributed by atoms with E-state index in [-0.39, 0.29) is 28.3 Å². The van der Waals surface area contributed by atoms with Gasteiger partial charge in [0.2, 0.25) is 0 Å². The zero-order chi connectivity index (χ0) is 14.7. The van der Waals surface area contributed by atoms with E-state index >= 15 is 0 Å². The first kappa shape index (κ1) is 13.4. The minimum Gasteiger partial charge on any atom is -0.508 e. The van der Waals surface area contributed by atoms with Crippen LogP contribution < -0.4 is 10.5 Å². The van der Waals surface area contributed by atoms with Crippen molar-refractivity contribution in [3.63, 3.8) is 0 Å². The van der Waals surface area contributed by atoms with Crippen LogP contribution in [-0.4, -0.2) is 22.2 Å². The monoisotopic (exact) mass is 272 g/mol. The van der Waals surface area contributed by atoms with E-state index < -0.39 is 11.9 Å². The topological polar surface area (TPSA) is 110 Å². The third-order valence-electron chi connectivity index (χ3n) is 2.40. The number of phenolic OH excluding ortho intramolecular Hbond substituents is 1. The Kier molecular flexibility index (Phi) is 3.56. The fourth-order valence-corrected chi connectivity index (χ4v) is 1.51. The van der Waals surface area contributed by atoms with Crippen molar-refractivity contribution in [2.75, 3.05) is 5.73 Å². The number of aromatic hydroxyl groups is 1. The molecular weight excluding hydrogens is 262 g/mol. The molecule has 101 valence electrons. The molecule has 0 aliphatic rings. The Hall–Kier alpha value is -3.02. The quantitative estimate of drug-likeness (QED) is 0.445. The molecule has 0 fully saturated rings. The van der Waals surface area contributed by atoms with Crippen molar-refractivity contribution >= 4 is 17.6 Å². The first-order valence-corrected chi connectivity index (χ1v) is 5.52. The molecule has 0 spiro atoms. The number of phenols is 1. The second-order valence-electron chi connectivity index (χ2n) is 3.95. The van der Waals surface area contributed by atoms with Gasteiger partial charge in [0.15, 0.2) is 0 Å². The summed E-state index contributed by atoms with van der Waals surface area (Å²) in [5.74, 6) is -1.91. The molecule has 0 aromatic heterocycles. The number of carboxylic acid groups (broad SMARTS) is 1. The number of nitrogen functional groups attached to an aromatic ring is 1. The van der Waals surface area contributed by atoms with E-state index in [1.807, 2.05) is 0 Å². The third kappa shape index (κ3) is 3.05. The minimum atomic E-state index is -1.18. The van der Waals surface area contributed by atoms with Gasteiger partial charge in [-0.15, -0.1) is 0 Å². The SMILES string of the molecule is Nc1cc(OC(=O)c2[c]cc(O)cc2)cc(C(=O)O)c1. The molecule has 4 N–H and O–H groups in total. The molecule has 0 amide bonds. The van der Waals surface area contributed by atoms with Crippen molar-refractivity contribution in [1.82, 2.24) is 0 Å². The number of hydrogen-bond donors (Lipinski definition) is 3. The molecule has 2 aromatic carbocycles. The number of hydrogen-bond acceptors (Lipinski definition) is 5. The van der Waals surface area contributed by atoms with Crippen molar-refractivity contribution in [3.8, 4) is 11.5 Å². The lowest BCUT2D eigenvalue weighted by atomic mass is 10.2. The number of anilines is 1. The van der Waals surface area contributed by atoms with Crippen LogP contribution in [0.2, 0.25) is 0 Å². The van der Waals surface area contributed by atoms with Crippen LogP contribution in [0.3, 0.4) is 0 Å². The zero-order valence-electron chi connectivity index (χ0n) is 10.2. The van der Waals surface area contributed by atoms with Crippen molar-refractivity contribution in [3.05, 3.63) is 53.6 Å². The molecule has 0 saturated carbocycles. The molecule has 2 rings (SSSR count). The van der Waals surface area contributed by atoms with Gasteiger partial charge in [-0.2, -0.15) is 0 Å².